The van der Waals surface area contributed by atoms with Gasteiger partial charge in [-0.15, -0.1) is 0 Å². The minimum Gasteiger partial charge on any atom is -0.486 e. The third kappa shape index (κ3) is 4.64. The summed E-state index contributed by atoms with van der Waals surface area (Å²) >= 11 is 6.33. The number of halogens is 1. The molecule has 0 bridgehead atoms. The number of fused-ring (bicyclic) bond motifs is 1. The van der Waals surface area contributed by atoms with Crippen LogP contribution in [0.15, 0.2) is 35.6 Å². The van der Waals surface area contributed by atoms with Gasteiger partial charge in [-0.2, -0.15) is 0 Å². The first-order valence-electron chi connectivity index (χ1n) is 9.80. The molecule has 2 aliphatic rings. The zero-order chi connectivity index (χ0) is 20.1. The Hall–Kier alpha value is -2.74. The van der Waals surface area contributed by atoms with E-state index >= 15 is 0 Å². The third-order valence-electron chi connectivity index (χ3n) is 4.98. The summed E-state index contributed by atoms with van der Waals surface area (Å²) in [5.74, 6) is 3.06. The molecule has 1 fully saturated rings. The smallest absolute Gasteiger partial charge is 0.225 e. The van der Waals surface area contributed by atoms with Gasteiger partial charge in [-0.25, -0.2) is 9.97 Å². The van der Waals surface area contributed by atoms with Crippen molar-refractivity contribution in [1.29, 1.82) is 0 Å². The normalized spacial score (nSPS) is 16.7. The summed E-state index contributed by atoms with van der Waals surface area (Å²) in [7, 11) is 1.82. The number of piperazine rings is 1. The standard InChI is InChI=1S/C20H25ClN6O2/c1-22-19(26-7-9-27(10-8-26)20-23-4-2-5-24-20)25-6-3-15-13-16(21)18-17(14-15)28-11-12-29-18/h2,4-5,13-14H,3,6-12H2,1H3,(H,22,25). The Morgan fingerprint density at radius 2 is 1.90 bits per heavy atom. The van der Waals surface area contributed by atoms with E-state index in [9.17, 15) is 0 Å². The van der Waals surface area contributed by atoms with E-state index in [0.717, 1.165) is 62.4 Å². The monoisotopic (exact) mass is 416 g/mol. The van der Waals surface area contributed by atoms with Crippen LogP contribution in [0.3, 0.4) is 0 Å². The van der Waals surface area contributed by atoms with E-state index in [1.807, 2.05) is 25.2 Å². The molecule has 1 aromatic carbocycles. The number of hydrogen-bond donors (Lipinski definition) is 1. The number of aromatic nitrogens is 2. The van der Waals surface area contributed by atoms with Crippen LogP contribution in [0.5, 0.6) is 11.5 Å². The van der Waals surface area contributed by atoms with Crippen LogP contribution in [0.4, 0.5) is 5.95 Å². The Balaban J connectivity index is 1.29. The number of anilines is 1. The number of nitrogens with one attached hydrogen (secondary N) is 1. The maximum atomic E-state index is 6.33. The van der Waals surface area contributed by atoms with Crippen LogP contribution in [-0.2, 0) is 6.42 Å². The molecule has 0 unspecified atom stereocenters. The first-order chi connectivity index (χ1) is 14.2. The molecule has 0 spiro atoms. The number of hydrogen-bond acceptors (Lipinski definition) is 6. The molecule has 3 heterocycles. The molecule has 1 N–H and O–H groups in total. The van der Waals surface area contributed by atoms with E-state index in [-0.39, 0.29) is 0 Å². The topological polar surface area (TPSA) is 75.1 Å². The van der Waals surface area contributed by atoms with Gasteiger partial charge in [-0.1, -0.05) is 11.6 Å². The predicted molar refractivity (Wildman–Crippen MR) is 113 cm³/mol. The summed E-state index contributed by atoms with van der Waals surface area (Å²) in [4.78, 5) is 17.6. The van der Waals surface area contributed by atoms with Gasteiger partial charge in [0.1, 0.15) is 13.2 Å². The summed E-state index contributed by atoms with van der Waals surface area (Å²) in [6.45, 7) is 5.31. The Labute approximate surface area is 175 Å². The molecule has 0 aliphatic carbocycles. The molecule has 29 heavy (non-hydrogen) atoms. The summed E-state index contributed by atoms with van der Waals surface area (Å²) < 4.78 is 11.2. The van der Waals surface area contributed by atoms with Crippen LogP contribution in [0.2, 0.25) is 5.02 Å². The molecule has 4 rings (SSSR count). The van der Waals surface area contributed by atoms with Crippen molar-refractivity contribution in [3.63, 3.8) is 0 Å². The number of nitrogens with zero attached hydrogens (tertiary/aromatic N) is 5. The average Bonchev–Trinajstić information content (AvgIpc) is 2.78. The maximum absolute atomic E-state index is 6.33. The van der Waals surface area contributed by atoms with Crippen molar-refractivity contribution in [2.24, 2.45) is 4.99 Å². The second-order valence-corrected chi connectivity index (χ2v) is 7.26. The zero-order valence-electron chi connectivity index (χ0n) is 16.5. The van der Waals surface area contributed by atoms with Gasteiger partial charge >= 0.3 is 0 Å². The predicted octanol–water partition coefficient (Wildman–Crippen LogP) is 1.84. The summed E-state index contributed by atoms with van der Waals surface area (Å²) in [5, 5.41) is 4.05. The van der Waals surface area contributed by atoms with E-state index in [1.165, 1.54) is 0 Å². The molecule has 2 aliphatic heterocycles. The molecule has 9 heteroatoms. The lowest BCUT2D eigenvalue weighted by atomic mass is 10.1. The van der Waals surface area contributed by atoms with Crippen LogP contribution in [-0.4, -0.2) is 73.8 Å². The minimum atomic E-state index is 0.535. The van der Waals surface area contributed by atoms with Gasteiger partial charge in [-0.3, -0.25) is 4.99 Å². The highest BCUT2D eigenvalue weighted by atomic mass is 35.5. The quantitative estimate of drug-likeness (QED) is 0.602. The Morgan fingerprint density at radius 3 is 2.66 bits per heavy atom. The van der Waals surface area contributed by atoms with Crippen molar-refractivity contribution in [1.82, 2.24) is 20.2 Å². The van der Waals surface area contributed by atoms with Crippen molar-refractivity contribution in [2.75, 3.05) is 57.9 Å². The fourth-order valence-electron chi connectivity index (χ4n) is 3.53. The van der Waals surface area contributed by atoms with Crippen molar-refractivity contribution < 1.29 is 9.47 Å². The lowest BCUT2D eigenvalue weighted by molar-refractivity contribution is 0.171. The maximum Gasteiger partial charge on any atom is 0.225 e. The highest BCUT2D eigenvalue weighted by molar-refractivity contribution is 6.32. The van der Waals surface area contributed by atoms with Crippen molar-refractivity contribution in [3.8, 4) is 11.5 Å². The Bertz CT molecular complexity index is 856. The third-order valence-corrected chi connectivity index (χ3v) is 5.26. The van der Waals surface area contributed by atoms with Gasteiger partial charge in [0.25, 0.3) is 0 Å². The van der Waals surface area contributed by atoms with Crippen LogP contribution in [0, 0.1) is 0 Å². The molecule has 0 atom stereocenters. The van der Waals surface area contributed by atoms with Gasteiger partial charge in [0.05, 0.1) is 5.02 Å². The number of ether oxygens (including phenoxy) is 2. The fourth-order valence-corrected chi connectivity index (χ4v) is 3.82. The van der Waals surface area contributed by atoms with Crippen LogP contribution >= 0.6 is 11.6 Å². The van der Waals surface area contributed by atoms with Crippen LogP contribution in [0.1, 0.15) is 5.56 Å². The minimum absolute atomic E-state index is 0.535. The van der Waals surface area contributed by atoms with Crippen LogP contribution < -0.4 is 19.7 Å². The number of aliphatic imine (C=N–C) groups is 1. The van der Waals surface area contributed by atoms with Gasteiger partial charge < -0.3 is 24.6 Å². The second kappa shape index (κ2) is 9.17. The Morgan fingerprint density at radius 1 is 1.14 bits per heavy atom. The first kappa shape index (κ1) is 19.6. The molecule has 0 saturated carbocycles. The van der Waals surface area contributed by atoms with Crippen molar-refractivity contribution >= 4 is 23.5 Å². The largest absolute Gasteiger partial charge is 0.486 e. The van der Waals surface area contributed by atoms with E-state index in [1.54, 1.807) is 12.4 Å². The fraction of sp³-hybridized carbons (Fsp3) is 0.450. The molecule has 8 nitrogen and oxygen atoms in total. The molecule has 0 amide bonds. The molecule has 154 valence electrons. The molecule has 2 aromatic rings. The lowest BCUT2D eigenvalue weighted by Crippen LogP contribution is -2.53. The highest BCUT2D eigenvalue weighted by Gasteiger charge is 2.21. The Kier molecular flexibility index (Phi) is 6.19. The molecule has 0 radical (unpaired) electrons. The number of guanidine groups is 1. The average molecular weight is 417 g/mol. The van der Waals surface area contributed by atoms with E-state index < -0.39 is 0 Å². The molecular formula is C20H25ClN6O2. The van der Waals surface area contributed by atoms with Crippen molar-refractivity contribution in [3.05, 3.63) is 41.2 Å². The van der Waals surface area contributed by atoms with E-state index in [4.69, 9.17) is 21.1 Å². The summed E-state index contributed by atoms with van der Waals surface area (Å²) in [5.41, 5.74) is 1.10. The number of benzene rings is 1. The van der Waals surface area contributed by atoms with Gasteiger partial charge in [-0.05, 0) is 30.2 Å². The van der Waals surface area contributed by atoms with E-state index in [0.29, 0.717) is 24.0 Å². The van der Waals surface area contributed by atoms with Crippen molar-refractivity contribution in [2.45, 2.75) is 6.42 Å². The van der Waals surface area contributed by atoms with Gasteiger partial charge in [0.15, 0.2) is 17.5 Å². The SMILES string of the molecule is CN=C(NCCc1cc(Cl)c2c(c1)OCCO2)N1CCN(c2ncccn2)CC1. The first-order valence-corrected chi connectivity index (χ1v) is 10.2. The molecular weight excluding hydrogens is 392 g/mol. The zero-order valence-corrected chi connectivity index (χ0v) is 17.2. The second-order valence-electron chi connectivity index (χ2n) is 6.85. The summed E-state index contributed by atoms with van der Waals surface area (Å²) in [6, 6.07) is 5.78. The van der Waals surface area contributed by atoms with Crippen LogP contribution in [0.25, 0.3) is 0 Å². The number of rotatable bonds is 4. The summed E-state index contributed by atoms with van der Waals surface area (Å²) in [6.07, 6.45) is 4.37. The van der Waals surface area contributed by atoms with Gasteiger partial charge in [0, 0.05) is 52.2 Å². The lowest BCUT2D eigenvalue weighted by Gasteiger charge is -2.36. The molecule has 1 saturated heterocycles. The van der Waals surface area contributed by atoms with E-state index in [2.05, 4.69) is 30.1 Å². The molecule has 1 aromatic heterocycles. The van der Waals surface area contributed by atoms with Gasteiger partial charge in [0.2, 0.25) is 5.95 Å². The highest BCUT2D eigenvalue weighted by Crippen LogP contribution is 2.38.